The predicted molar refractivity (Wildman–Crippen MR) is 110 cm³/mol. The van der Waals surface area contributed by atoms with Crippen LogP contribution in [0.3, 0.4) is 0 Å². The van der Waals surface area contributed by atoms with Gasteiger partial charge in [-0.25, -0.2) is 0 Å². The summed E-state index contributed by atoms with van der Waals surface area (Å²) in [7, 11) is 0. The maximum Gasteiger partial charge on any atom is 0.235 e. The first-order chi connectivity index (χ1) is 14.1. The van der Waals surface area contributed by atoms with Crippen LogP contribution in [0.1, 0.15) is 43.2 Å². The second kappa shape index (κ2) is 10.2. The smallest absolute Gasteiger partial charge is 0.235 e. The summed E-state index contributed by atoms with van der Waals surface area (Å²) >= 11 is 0. The third kappa shape index (κ3) is 6.14. The van der Waals surface area contributed by atoms with Crippen molar-refractivity contribution in [1.82, 2.24) is 20.0 Å². The van der Waals surface area contributed by atoms with Crippen molar-refractivity contribution in [1.29, 1.82) is 5.26 Å². The second-order valence-electron chi connectivity index (χ2n) is 7.77. The highest BCUT2D eigenvalue weighted by Gasteiger charge is 2.33. The first-order valence-electron chi connectivity index (χ1n) is 10.2. The fourth-order valence-corrected chi connectivity index (χ4v) is 3.89. The van der Waals surface area contributed by atoms with Crippen LogP contribution >= 0.6 is 0 Å². The highest BCUT2D eigenvalue weighted by molar-refractivity contribution is 5.79. The molecular weight excluding hydrogens is 366 g/mol. The molecule has 3 rings (SSSR count). The SMILES string of the molecule is N#CC1(NC(=O)CN(CCO)Cc2cnn(Cc3ccccc3)c2)CCCCC1. The molecule has 7 heteroatoms. The zero-order valence-electron chi connectivity index (χ0n) is 16.8. The molecule has 1 aromatic heterocycles. The Hall–Kier alpha value is -2.69. The van der Waals surface area contributed by atoms with Gasteiger partial charge in [-0.1, -0.05) is 49.6 Å². The summed E-state index contributed by atoms with van der Waals surface area (Å²) in [5.74, 6) is -0.168. The van der Waals surface area contributed by atoms with Crippen molar-refractivity contribution in [3.63, 3.8) is 0 Å². The number of aliphatic hydroxyl groups excluding tert-OH is 1. The molecule has 0 aliphatic heterocycles. The number of aromatic nitrogens is 2. The number of benzene rings is 1. The molecule has 7 nitrogen and oxygen atoms in total. The minimum atomic E-state index is -0.735. The van der Waals surface area contributed by atoms with Crippen LogP contribution in [0.15, 0.2) is 42.7 Å². The van der Waals surface area contributed by atoms with Crippen molar-refractivity contribution in [2.24, 2.45) is 0 Å². The van der Waals surface area contributed by atoms with E-state index in [4.69, 9.17) is 0 Å². The van der Waals surface area contributed by atoms with Crippen molar-refractivity contribution in [3.8, 4) is 6.07 Å². The predicted octanol–water partition coefficient (Wildman–Crippen LogP) is 2.07. The highest BCUT2D eigenvalue weighted by atomic mass is 16.3. The molecule has 1 aromatic carbocycles. The van der Waals surface area contributed by atoms with E-state index in [1.54, 1.807) is 6.20 Å². The number of rotatable bonds is 9. The maximum absolute atomic E-state index is 12.6. The Balaban J connectivity index is 1.57. The molecule has 0 radical (unpaired) electrons. The van der Waals surface area contributed by atoms with Crippen LogP contribution in [-0.4, -0.2) is 50.9 Å². The molecule has 1 aliphatic carbocycles. The standard InChI is InChI=1S/C22H29N5O2/c23-18-22(9-5-2-6-10-22)25-21(29)17-26(11-12-28)14-20-13-24-27(16-20)15-19-7-3-1-4-8-19/h1,3-4,7-8,13,16,28H,2,5-6,9-12,14-15,17H2,(H,25,29). The molecule has 0 bridgehead atoms. The lowest BCUT2D eigenvalue weighted by atomic mass is 9.83. The molecule has 0 saturated heterocycles. The Morgan fingerprint density at radius 1 is 1.24 bits per heavy atom. The quantitative estimate of drug-likeness (QED) is 0.678. The lowest BCUT2D eigenvalue weighted by Crippen LogP contribution is -2.51. The van der Waals surface area contributed by atoms with Crippen LogP contribution in [0.2, 0.25) is 0 Å². The van der Waals surface area contributed by atoms with Gasteiger partial charge in [-0.05, 0) is 18.4 Å². The van der Waals surface area contributed by atoms with Gasteiger partial charge in [0.25, 0.3) is 0 Å². The van der Waals surface area contributed by atoms with E-state index >= 15 is 0 Å². The molecule has 154 valence electrons. The average Bonchev–Trinajstić information content (AvgIpc) is 3.16. The monoisotopic (exact) mass is 395 g/mol. The highest BCUT2D eigenvalue weighted by Crippen LogP contribution is 2.27. The molecule has 1 fully saturated rings. The minimum absolute atomic E-state index is 0.0329. The molecule has 0 spiro atoms. The summed E-state index contributed by atoms with van der Waals surface area (Å²) in [6, 6.07) is 12.4. The van der Waals surface area contributed by atoms with Crippen LogP contribution in [0.25, 0.3) is 0 Å². The van der Waals surface area contributed by atoms with E-state index < -0.39 is 5.54 Å². The lowest BCUT2D eigenvalue weighted by Gasteiger charge is -2.32. The zero-order valence-corrected chi connectivity index (χ0v) is 16.8. The molecular formula is C22H29N5O2. The van der Waals surface area contributed by atoms with Crippen LogP contribution < -0.4 is 5.32 Å². The Labute approximate surface area is 171 Å². The number of hydrogen-bond acceptors (Lipinski definition) is 5. The summed E-state index contributed by atoms with van der Waals surface area (Å²) in [4.78, 5) is 14.5. The van der Waals surface area contributed by atoms with Gasteiger partial charge in [0.15, 0.2) is 0 Å². The molecule has 1 aliphatic rings. The third-order valence-corrected chi connectivity index (χ3v) is 5.36. The largest absolute Gasteiger partial charge is 0.395 e. The molecule has 1 amide bonds. The van der Waals surface area contributed by atoms with Crippen LogP contribution in [0.5, 0.6) is 0 Å². The van der Waals surface area contributed by atoms with Crippen molar-refractivity contribution < 1.29 is 9.90 Å². The number of hydrogen-bond donors (Lipinski definition) is 2. The van der Waals surface area contributed by atoms with E-state index in [1.165, 1.54) is 5.56 Å². The van der Waals surface area contributed by atoms with Crippen molar-refractivity contribution in [2.45, 2.75) is 50.7 Å². The molecule has 1 saturated carbocycles. The van der Waals surface area contributed by atoms with Crippen LogP contribution in [-0.2, 0) is 17.9 Å². The third-order valence-electron chi connectivity index (χ3n) is 5.36. The van der Waals surface area contributed by atoms with Crippen molar-refractivity contribution >= 4 is 5.91 Å². The number of aliphatic hydroxyl groups is 1. The van der Waals surface area contributed by atoms with E-state index in [0.29, 0.717) is 32.5 Å². The second-order valence-corrected chi connectivity index (χ2v) is 7.77. The van der Waals surface area contributed by atoms with Crippen molar-refractivity contribution in [3.05, 3.63) is 53.9 Å². The van der Waals surface area contributed by atoms with Gasteiger partial charge in [0.1, 0.15) is 5.54 Å². The van der Waals surface area contributed by atoms with Gasteiger partial charge in [-0.2, -0.15) is 10.4 Å². The Kier molecular flexibility index (Phi) is 7.39. The Bertz CT molecular complexity index is 821. The normalized spacial score (nSPS) is 15.8. The van der Waals surface area contributed by atoms with Gasteiger partial charge in [0, 0.05) is 24.8 Å². The summed E-state index contributed by atoms with van der Waals surface area (Å²) in [5.41, 5.74) is 1.42. The number of amides is 1. The Morgan fingerprint density at radius 3 is 2.69 bits per heavy atom. The van der Waals surface area contributed by atoms with E-state index in [9.17, 15) is 15.2 Å². The molecule has 0 unspecified atom stereocenters. The fraction of sp³-hybridized carbons (Fsp3) is 0.500. The fourth-order valence-electron chi connectivity index (χ4n) is 3.89. The molecule has 2 aromatic rings. The topological polar surface area (TPSA) is 94.2 Å². The number of carbonyl (C=O) groups is 1. The van der Waals surface area contributed by atoms with Gasteiger partial charge < -0.3 is 10.4 Å². The summed E-state index contributed by atoms with van der Waals surface area (Å²) < 4.78 is 1.87. The number of nitrogens with one attached hydrogen (secondary N) is 1. The van der Waals surface area contributed by atoms with E-state index in [1.807, 2.05) is 34.0 Å². The minimum Gasteiger partial charge on any atom is -0.395 e. The summed E-state index contributed by atoms with van der Waals surface area (Å²) in [5, 5.41) is 26.3. The molecule has 29 heavy (non-hydrogen) atoms. The van der Waals surface area contributed by atoms with E-state index in [2.05, 4.69) is 28.6 Å². The molecule has 1 heterocycles. The first kappa shape index (κ1) is 21.0. The van der Waals surface area contributed by atoms with Crippen molar-refractivity contribution in [2.75, 3.05) is 19.7 Å². The van der Waals surface area contributed by atoms with Gasteiger partial charge >= 0.3 is 0 Å². The molecule has 0 atom stereocenters. The number of nitriles is 1. The van der Waals surface area contributed by atoms with Gasteiger partial charge in [0.2, 0.25) is 5.91 Å². The van der Waals surface area contributed by atoms with Gasteiger partial charge in [-0.3, -0.25) is 14.4 Å². The number of nitrogens with zero attached hydrogens (tertiary/aromatic N) is 4. The lowest BCUT2D eigenvalue weighted by molar-refractivity contribution is -0.124. The van der Waals surface area contributed by atoms with E-state index in [0.717, 1.165) is 24.8 Å². The zero-order chi connectivity index (χ0) is 20.5. The van der Waals surface area contributed by atoms with Gasteiger partial charge in [-0.15, -0.1) is 0 Å². The first-order valence-corrected chi connectivity index (χ1v) is 10.2. The maximum atomic E-state index is 12.6. The van der Waals surface area contributed by atoms with Crippen LogP contribution in [0, 0.1) is 11.3 Å². The summed E-state index contributed by atoms with van der Waals surface area (Å²) in [6.45, 7) is 1.70. The van der Waals surface area contributed by atoms with Gasteiger partial charge in [0.05, 0.1) is 32.0 Å². The molecule has 2 N–H and O–H groups in total. The summed E-state index contributed by atoms with van der Waals surface area (Å²) in [6.07, 6.45) is 8.23. The van der Waals surface area contributed by atoms with E-state index in [-0.39, 0.29) is 19.1 Å². The number of carbonyl (C=O) groups excluding carboxylic acids is 1. The Morgan fingerprint density at radius 2 is 2.00 bits per heavy atom. The van der Waals surface area contributed by atoms with Crippen LogP contribution in [0.4, 0.5) is 0 Å². The average molecular weight is 396 g/mol.